The first-order chi connectivity index (χ1) is 7.09. The van der Waals surface area contributed by atoms with Crippen LogP contribution in [0.4, 0.5) is 4.39 Å². The highest BCUT2D eigenvalue weighted by molar-refractivity contribution is 5.75. The summed E-state index contributed by atoms with van der Waals surface area (Å²) in [6.07, 6.45) is 1.91. The molecule has 1 amide bonds. The minimum Gasteiger partial charge on any atom is -0.284 e. The van der Waals surface area contributed by atoms with Gasteiger partial charge in [0.15, 0.2) is 0 Å². The lowest BCUT2D eigenvalue weighted by molar-refractivity contribution is -0.130. The second-order valence-electron chi connectivity index (χ2n) is 3.48. The number of nitrogens with zero attached hydrogens (tertiary/aromatic N) is 1. The van der Waals surface area contributed by atoms with E-state index in [0.717, 1.165) is 23.4 Å². The summed E-state index contributed by atoms with van der Waals surface area (Å²) in [5, 5.41) is 1.09. The van der Waals surface area contributed by atoms with Crippen LogP contribution in [0.1, 0.15) is 18.4 Å². The van der Waals surface area contributed by atoms with E-state index in [4.69, 9.17) is 5.84 Å². The number of rotatable bonds is 4. The van der Waals surface area contributed by atoms with Crippen LogP contribution in [0.2, 0.25) is 0 Å². The van der Waals surface area contributed by atoms with Crippen molar-refractivity contribution in [2.45, 2.75) is 19.3 Å². The van der Waals surface area contributed by atoms with Crippen molar-refractivity contribution in [3.63, 3.8) is 0 Å². The topological polar surface area (TPSA) is 46.3 Å². The van der Waals surface area contributed by atoms with Crippen molar-refractivity contribution < 1.29 is 9.18 Å². The van der Waals surface area contributed by atoms with Crippen LogP contribution >= 0.6 is 0 Å². The van der Waals surface area contributed by atoms with Gasteiger partial charge in [0, 0.05) is 13.5 Å². The largest absolute Gasteiger partial charge is 0.284 e. The number of amides is 1. The van der Waals surface area contributed by atoms with Gasteiger partial charge in [-0.3, -0.25) is 9.80 Å². The summed E-state index contributed by atoms with van der Waals surface area (Å²) < 4.78 is 12.6. The molecule has 1 aromatic carbocycles. The lowest BCUT2D eigenvalue weighted by Gasteiger charge is -2.09. The van der Waals surface area contributed by atoms with E-state index < -0.39 is 0 Å². The highest BCUT2D eigenvalue weighted by atomic mass is 19.1. The van der Waals surface area contributed by atoms with E-state index in [1.165, 1.54) is 19.2 Å². The Bertz CT molecular complexity index is 322. The SMILES string of the molecule is CN(N)C(=O)CCCc1ccc(F)cc1. The van der Waals surface area contributed by atoms with E-state index in [1.807, 2.05) is 0 Å². The third kappa shape index (κ3) is 4.08. The summed E-state index contributed by atoms with van der Waals surface area (Å²) in [7, 11) is 1.53. The summed E-state index contributed by atoms with van der Waals surface area (Å²) in [5.74, 6) is 4.94. The molecular weight excluding hydrogens is 195 g/mol. The van der Waals surface area contributed by atoms with Gasteiger partial charge in [-0.1, -0.05) is 12.1 Å². The third-order valence-corrected chi connectivity index (χ3v) is 2.16. The molecule has 3 nitrogen and oxygen atoms in total. The Morgan fingerprint density at radius 3 is 2.53 bits per heavy atom. The number of carbonyl (C=O) groups excluding carboxylic acids is 1. The Balaban J connectivity index is 2.32. The number of hydrogen-bond donors (Lipinski definition) is 1. The molecule has 0 bridgehead atoms. The predicted octanol–water partition coefficient (Wildman–Crippen LogP) is 1.48. The number of halogens is 1. The Morgan fingerprint density at radius 2 is 2.00 bits per heavy atom. The van der Waals surface area contributed by atoms with Crippen molar-refractivity contribution in [2.24, 2.45) is 5.84 Å². The van der Waals surface area contributed by atoms with Crippen LogP contribution in [0.25, 0.3) is 0 Å². The molecule has 0 saturated heterocycles. The fraction of sp³-hybridized carbons (Fsp3) is 0.364. The predicted molar refractivity (Wildman–Crippen MR) is 56.3 cm³/mol. The monoisotopic (exact) mass is 210 g/mol. The smallest absolute Gasteiger partial charge is 0.236 e. The van der Waals surface area contributed by atoms with Crippen molar-refractivity contribution in [1.82, 2.24) is 5.01 Å². The summed E-state index contributed by atoms with van der Waals surface area (Å²) in [5.41, 5.74) is 1.03. The molecule has 0 atom stereocenters. The summed E-state index contributed by atoms with van der Waals surface area (Å²) in [6.45, 7) is 0. The number of carbonyl (C=O) groups is 1. The van der Waals surface area contributed by atoms with E-state index in [0.29, 0.717) is 6.42 Å². The molecule has 0 aliphatic rings. The van der Waals surface area contributed by atoms with Gasteiger partial charge in [0.1, 0.15) is 5.82 Å². The molecule has 0 saturated carbocycles. The molecule has 1 rings (SSSR count). The van der Waals surface area contributed by atoms with E-state index in [2.05, 4.69) is 0 Å². The number of benzene rings is 1. The first kappa shape index (κ1) is 11.7. The van der Waals surface area contributed by atoms with Crippen molar-refractivity contribution in [1.29, 1.82) is 0 Å². The first-order valence-electron chi connectivity index (χ1n) is 4.85. The van der Waals surface area contributed by atoms with E-state index in [1.54, 1.807) is 12.1 Å². The van der Waals surface area contributed by atoms with Crippen LogP contribution in [0.3, 0.4) is 0 Å². The normalized spacial score (nSPS) is 10.1. The molecule has 4 heteroatoms. The molecule has 0 fully saturated rings. The van der Waals surface area contributed by atoms with Crippen LogP contribution in [-0.2, 0) is 11.2 Å². The lowest BCUT2D eigenvalue weighted by Crippen LogP contribution is -2.32. The van der Waals surface area contributed by atoms with Crippen molar-refractivity contribution in [2.75, 3.05) is 7.05 Å². The van der Waals surface area contributed by atoms with Crippen molar-refractivity contribution in [3.05, 3.63) is 35.6 Å². The van der Waals surface area contributed by atoms with Crippen LogP contribution < -0.4 is 5.84 Å². The van der Waals surface area contributed by atoms with Crippen LogP contribution in [0.15, 0.2) is 24.3 Å². The van der Waals surface area contributed by atoms with E-state index >= 15 is 0 Å². The van der Waals surface area contributed by atoms with Crippen LogP contribution in [0.5, 0.6) is 0 Å². The average Bonchev–Trinajstić information content (AvgIpc) is 2.20. The molecule has 1 aromatic rings. The second-order valence-corrected chi connectivity index (χ2v) is 3.48. The minimum atomic E-state index is -0.239. The first-order valence-corrected chi connectivity index (χ1v) is 4.85. The van der Waals surface area contributed by atoms with Gasteiger partial charge in [0.25, 0.3) is 0 Å². The maximum Gasteiger partial charge on any atom is 0.236 e. The molecule has 0 unspecified atom stereocenters. The molecule has 0 aliphatic heterocycles. The summed E-state index contributed by atoms with van der Waals surface area (Å²) in [6, 6.07) is 6.30. The molecular formula is C11H15FN2O. The van der Waals surface area contributed by atoms with E-state index in [-0.39, 0.29) is 11.7 Å². The standard InChI is InChI=1S/C11H15FN2O/c1-14(13)11(15)4-2-3-9-5-7-10(12)8-6-9/h5-8H,2-4,13H2,1H3. The maximum absolute atomic E-state index is 12.6. The number of aryl methyl sites for hydroxylation is 1. The van der Waals surface area contributed by atoms with Gasteiger partial charge in [0.2, 0.25) is 5.91 Å². The average molecular weight is 210 g/mol. The quantitative estimate of drug-likeness (QED) is 0.465. The van der Waals surface area contributed by atoms with Gasteiger partial charge >= 0.3 is 0 Å². The molecule has 0 radical (unpaired) electrons. The summed E-state index contributed by atoms with van der Waals surface area (Å²) >= 11 is 0. The molecule has 2 N–H and O–H groups in total. The fourth-order valence-corrected chi connectivity index (χ4v) is 1.27. The summed E-state index contributed by atoms with van der Waals surface area (Å²) in [4.78, 5) is 11.1. The molecule has 0 aliphatic carbocycles. The van der Waals surface area contributed by atoms with Crippen molar-refractivity contribution >= 4 is 5.91 Å². The lowest BCUT2D eigenvalue weighted by atomic mass is 10.1. The Kier molecular flexibility index (Phi) is 4.24. The van der Waals surface area contributed by atoms with Crippen LogP contribution in [0, 0.1) is 5.82 Å². The Morgan fingerprint density at radius 1 is 1.40 bits per heavy atom. The van der Waals surface area contributed by atoms with Gasteiger partial charge in [-0.05, 0) is 30.5 Å². The molecule has 0 spiro atoms. The van der Waals surface area contributed by atoms with E-state index in [9.17, 15) is 9.18 Å². The maximum atomic E-state index is 12.6. The van der Waals surface area contributed by atoms with Gasteiger partial charge < -0.3 is 0 Å². The van der Waals surface area contributed by atoms with Gasteiger partial charge in [-0.25, -0.2) is 10.2 Å². The molecule has 15 heavy (non-hydrogen) atoms. The zero-order chi connectivity index (χ0) is 11.3. The number of hydrogen-bond acceptors (Lipinski definition) is 2. The zero-order valence-electron chi connectivity index (χ0n) is 8.74. The van der Waals surface area contributed by atoms with Crippen LogP contribution in [-0.4, -0.2) is 18.0 Å². The second kappa shape index (κ2) is 5.46. The third-order valence-electron chi connectivity index (χ3n) is 2.16. The fourth-order valence-electron chi connectivity index (χ4n) is 1.27. The van der Waals surface area contributed by atoms with Crippen molar-refractivity contribution in [3.8, 4) is 0 Å². The Hall–Kier alpha value is -1.42. The van der Waals surface area contributed by atoms with Gasteiger partial charge in [-0.2, -0.15) is 0 Å². The molecule has 82 valence electrons. The highest BCUT2D eigenvalue weighted by Crippen LogP contribution is 2.07. The van der Waals surface area contributed by atoms with Gasteiger partial charge in [0.05, 0.1) is 0 Å². The van der Waals surface area contributed by atoms with Gasteiger partial charge in [-0.15, -0.1) is 0 Å². The molecule has 0 heterocycles. The highest BCUT2D eigenvalue weighted by Gasteiger charge is 2.03. The minimum absolute atomic E-state index is 0.0860. The zero-order valence-corrected chi connectivity index (χ0v) is 8.74. The molecule has 0 aromatic heterocycles. The number of nitrogens with two attached hydrogens (primary N) is 1. The number of hydrazine groups is 1. The Labute approximate surface area is 88.7 Å².